The van der Waals surface area contributed by atoms with E-state index in [9.17, 15) is 9.59 Å². The van der Waals surface area contributed by atoms with Gasteiger partial charge in [0.2, 0.25) is 10.5 Å². The van der Waals surface area contributed by atoms with Crippen molar-refractivity contribution in [2.45, 2.75) is 6.92 Å². The molecule has 0 heterocycles. The summed E-state index contributed by atoms with van der Waals surface area (Å²) in [6, 6.07) is 0. The second-order valence-corrected chi connectivity index (χ2v) is 2.54. The van der Waals surface area contributed by atoms with E-state index in [1.54, 1.807) is 0 Å². The molecule has 0 fully saturated rings. The maximum atomic E-state index is 10.4. The Morgan fingerprint density at radius 1 is 1.40 bits per heavy atom. The van der Waals surface area contributed by atoms with E-state index in [1.165, 1.54) is 6.92 Å². The molecule has 0 spiro atoms. The molecule has 0 saturated carbocycles. The minimum absolute atomic E-state index is 0.0293. The molecule has 0 bridgehead atoms. The lowest BCUT2D eigenvalue weighted by molar-refractivity contribution is -0.116. The molecule has 1 unspecified atom stereocenters. The number of hydrogen-bond acceptors (Lipinski definition) is 2. The third kappa shape index (κ3) is 2.50. The van der Waals surface area contributed by atoms with E-state index in [0.717, 1.165) is 0 Å². The molecule has 0 aliphatic carbocycles. The minimum atomic E-state index is -0.721. The van der Waals surface area contributed by atoms with Crippen molar-refractivity contribution >= 4 is 33.7 Å². The van der Waals surface area contributed by atoms with Gasteiger partial charge < -0.3 is 0 Å². The van der Waals surface area contributed by atoms with E-state index < -0.39 is 16.4 Å². The van der Waals surface area contributed by atoms with Crippen molar-refractivity contribution in [2.24, 2.45) is 5.92 Å². The summed E-state index contributed by atoms with van der Waals surface area (Å²) in [5, 5.41) is -1.35. The van der Waals surface area contributed by atoms with Gasteiger partial charge >= 0.3 is 0 Å². The molecule has 0 amide bonds. The normalized spacial score (nSPS) is 12.3. The molecular weight excluding hydrogens is 175 g/mol. The summed E-state index contributed by atoms with van der Waals surface area (Å²) in [6.07, 6.45) is 0. The summed E-state index contributed by atoms with van der Waals surface area (Å²) in [4.78, 5) is 20.7. The highest BCUT2D eigenvalue weighted by atomic mass is 35.5. The van der Waals surface area contributed by atoms with Gasteiger partial charge in [0.25, 0.3) is 0 Å². The fourth-order valence-electron chi connectivity index (χ4n) is 0.307. The molecule has 1 atom stereocenters. The van der Waals surface area contributed by atoms with Gasteiger partial charge in [-0.3, -0.25) is 9.59 Å². The molecule has 0 rings (SSSR count). The molecule has 56 valence electrons. The third-order valence-corrected chi connectivity index (χ3v) is 1.69. The van der Waals surface area contributed by atoms with Gasteiger partial charge in [0.05, 0.1) is 5.92 Å². The average molecular weight is 181 g/mol. The van der Waals surface area contributed by atoms with Crippen LogP contribution in [0, 0.1) is 5.92 Å². The van der Waals surface area contributed by atoms with Crippen LogP contribution in [0.4, 0.5) is 0 Å². The summed E-state index contributed by atoms with van der Waals surface area (Å²) < 4.78 is 0. The summed E-state index contributed by atoms with van der Waals surface area (Å²) in [7, 11) is 0. The Balaban J connectivity index is 4.22. The topological polar surface area (TPSA) is 34.1 Å². The number of halogens is 2. The van der Waals surface area contributed by atoms with Gasteiger partial charge in [-0.1, -0.05) is 6.58 Å². The Labute approximate surface area is 68.8 Å². The monoisotopic (exact) mass is 180 g/mol. The van der Waals surface area contributed by atoms with Crippen LogP contribution in [0.1, 0.15) is 6.92 Å². The summed E-state index contributed by atoms with van der Waals surface area (Å²) in [5.41, 5.74) is 0.0293. The zero-order valence-corrected chi connectivity index (χ0v) is 6.87. The predicted molar refractivity (Wildman–Crippen MR) is 40.0 cm³/mol. The van der Waals surface area contributed by atoms with Crippen molar-refractivity contribution in [3.8, 4) is 0 Å². The largest absolute Gasteiger partial charge is 0.281 e. The first-order valence-corrected chi connectivity index (χ1v) is 3.30. The van der Waals surface area contributed by atoms with Gasteiger partial charge in [0.15, 0.2) is 0 Å². The number of allylic oxidation sites excluding steroid dienone is 1. The van der Waals surface area contributed by atoms with Crippen LogP contribution in [0.3, 0.4) is 0 Å². The van der Waals surface area contributed by atoms with Crippen LogP contribution >= 0.6 is 23.2 Å². The molecule has 0 aromatic rings. The van der Waals surface area contributed by atoms with E-state index in [-0.39, 0.29) is 5.57 Å². The number of rotatable bonds is 3. The first-order valence-electron chi connectivity index (χ1n) is 2.54. The van der Waals surface area contributed by atoms with Crippen molar-refractivity contribution in [2.75, 3.05) is 0 Å². The van der Waals surface area contributed by atoms with E-state index in [0.29, 0.717) is 0 Å². The van der Waals surface area contributed by atoms with Crippen LogP contribution in [0.25, 0.3) is 0 Å². The second-order valence-electron chi connectivity index (χ2n) is 1.82. The van der Waals surface area contributed by atoms with Crippen LogP contribution in [0.5, 0.6) is 0 Å². The Morgan fingerprint density at radius 2 is 1.80 bits per heavy atom. The Hall–Kier alpha value is -0.340. The van der Waals surface area contributed by atoms with Gasteiger partial charge in [-0.2, -0.15) is 0 Å². The molecule has 0 N–H and O–H groups in total. The van der Waals surface area contributed by atoms with Crippen LogP contribution in [0.15, 0.2) is 12.2 Å². The van der Waals surface area contributed by atoms with Crippen molar-refractivity contribution in [3.05, 3.63) is 12.2 Å². The fourth-order valence-corrected chi connectivity index (χ4v) is 0.603. The molecule has 0 radical (unpaired) electrons. The van der Waals surface area contributed by atoms with Crippen molar-refractivity contribution in [1.82, 2.24) is 0 Å². The Morgan fingerprint density at radius 3 is 1.90 bits per heavy atom. The van der Waals surface area contributed by atoms with Gasteiger partial charge in [-0.15, -0.1) is 0 Å². The van der Waals surface area contributed by atoms with E-state index in [4.69, 9.17) is 23.2 Å². The lowest BCUT2D eigenvalue weighted by Gasteiger charge is -2.03. The lowest BCUT2D eigenvalue weighted by atomic mass is 10.1. The molecular formula is C6H6Cl2O2. The fraction of sp³-hybridized carbons (Fsp3) is 0.333. The van der Waals surface area contributed by atoms with Gasteiger partial charge in [0, 0.05) is 5.57 Å². The van der Waals surface area contributed by atoms with Crippen LogP contribution in [0.2, 0.25) is 0 Å². The lowest BCUT2D eigenvalue weighted by Crippen LogP contribution is -2.10. The predicted octanol–water partition coefficient (Wildman–Crippen LogP) is 1.71. The molecule has 0 aliphatic rings. The molecule has 10 heavy (non-hydrogen) atoms. The molecule has 2 nitrogen and oxygen atoms in total. The average Bonchev–Trinajstić information content (AvgIpc) is 1.84. The van der Waals surface area contributed by atoms with Gasteiger partial charge in [-0.25, -0.2) is 0 Å². The number of carbonyl (C=O) groups is 2. The highest BCUT2D eigenvalue weighted by molar-refractivity contribution is 6.69. The zero-order valence-electron chi connectivity index (χ0n) is 5.36. The number of hydrogen-bond donors (Lipinski definition) is 0. The van der Waals surface area contributed by atoms with Crippen LogP contribution in [-0.4, -0.2) is 10.5 Å². The summed E-state index contributed by atoms with van der Waals surface area (Å²) >= 11 is 10.1. The molecule has 0 aromatic carbocycles. The van der Waals surface area contributed by atoms with Gasteiger partial charge in [-0.05, 0) is 30.1 Å². The summed E-state index contributed by atoms with van der Waals surface area (Å²) in [6.45, 7) is 4.76. The quantitative estimate of drug-likeness (QED) is 0.490. The smallest absolute Gasteiger partial charge is 0.248 e. The Kier molecular flexibility index (Phi) is 3.61. The first-order chi connectivity index (χ1) is 4.46. The molecule has 0 aliphatic heterocycles. The van der Waals surface area contributed by atoms with Crippen molar-refractivity contribution in [3.63, 3.8) is 0 Å². The molecule has 4 heteroatoms. The minimum Gasteiger partial charge on any atom is -0.281 e. The third-order valence-electron chi connectivity index (χ3n) is 1.12. The molecule has 0 saturated heterocycles. The Bertz CT molecular complexity index is 186. The standard InChI is InChI=1S/C6H6Cl2O2/c1-3(5(7)9)4(2)6(8)10/h4H,1H2,2H3. The first kappa shape index (κ1) is 9.66. The van der Waals surface area contributed by atoms with Crippen LogP contribution in [-0.2, 0) is 9.59 Å². The second kappa shape index (κ2) is 3.74. The van der Waals surface area contributed by atoms with Gasteiger partial charge in [0.1, 0.15) is 0 Å². The van der Waals surface area contributed by atoms with Crippen molar-refractivity contribution in [1.29, 1.82) is 0 Å². The number of carbonyl (C=O) groups excluding carboxylic acids is 2. The summed E-state index contributed by atoms with van der Waals surface area (Å²) in [5.74, 6) is -0.688. The highest BCUT2D eigenvalue weighted by Gasteiger charge is 2.17. The highest BCUT2D eigenvalue weighted by Crippen LogP contribution is 2.13. The van der Waals surface area contributed by atoms with E-state index in [1.807, 2.05) is 0 Å². The maximum Gasteiger partial charge on any atom is 0.248 e. The van der Waals surface area contributed by atoms with E-state index in [2.05, 4.69) is 6.58 Å². The maximum absolute atomic E-state index is 10.4. The molecule has 0 aromatic heterocycles. The van der Waals surface area contributed by atoms with E-state index >= 15 is 0 Å². The zero-order chi connectivity index (χ0) is 8.31. The van der Waals surface area contributed by atoms with Crippen LogP contribution < -0.4 is 0 Å². The van der Waals surface area contributed by atoms with Crippen molar-refractivity contribution < 1.29 is 9.59 Å². The SMILES string of the molecule is C=C(C(=O)Cl)C(C)C(=O)Cl.